The lowest BCUT2D eigenvalue weighted by molar-refractivity contribution is 0.280. The standard InChI is InChI=1S/C24H16Cl2F2N2OS/c25-17-5-3-16(4-6-17)19-11-29-24(31-12-14-2-8-21(27)22(28)10-14)30-23(19)18-7-1-15(13-32)9-20(18)26/h1-11,32H,12-13H2. The number of hydrogen-bond acceptors (Lipinski definition) is 4. The van der Waals surface area contributed by atoms with Crippen LogP contribution in [0.15, 0.2) is 66.9 Å². The zero-order valence-electron chi connectivity index (χ0n) is 16.5. The van der Waals surface area contributed by atoms with Gasteiger partial charge in [0.2, 0.25) is 0 Å². The minimum atomic E-state index is -0.943. The first-order valence-electron chi connectivity index (χ1n) is 9.54. The van der Waals surface area contributed by atoms with Gasteiger partial charge in [0, 0.05) is 28.1 Å². The van der Waals surface area contributed by atoms with Gasteiger partial charge in [-0.05, 0) is 47.0 Å². The van der Waals surface area contributed by atoms with Gasteiger partial charge >= 0.3 is 6.01 Å². The van der Waals surface area contributed by atoms with Crippen LogP contribution < -0.4 is 4.74 Å². The van der Waals surface area contributed by atoms with Gasteiger partial charge in [-0.3, -0.25) is 0 Å². The molecule has 0 saturated heterocycles. The Kier molecular flexibility index (Phi) is 6.94. The Labute approximate surface area is 199 Å². The summed E-state index contributed by atoms with van der Waals surface area (Å²) >= 11 is 16.9. The summed E-state index contributed by atoms with van der Waals surface area (Å²) in [6.45, 7) is -0.0245. The molecule has 0 fully saturated rings. The van der Waals surface area contributed by atoms with E-state index in [4.69, 9.17) is 27.9 Å². The molecule has 1 aromatic heterocycles. The van der Waals surface area contributed by atoms with Gasteiger partial charge in [0.05, 0.1) is 10.7 Å². The zero-order valence-corrected chi connectivity index (χ0v) is 18.9. The molecule has 1 heterocycles. The largest absolute Gasteiger partial charge is 0.459 e. The van der Waals surface area contributed by atoms with Gasteiger partial charge in [-0.25, -0.2) is 13.8 Å². The molecule has 0 aliphatic rings. The van der Waals surface area contributed by atoms with E-state index >= 15 is 0 Å². The van der Waals surface area contributed by atoms with Crippen molar-refractivity contribution in [3.05, 3.63) is 99.7 Å². The van der Waals surface area contributed by atoms with Crippen molar-refractivity contribution >= 4 is 35.8 Å². The topological polar surface area (TPSA) is 35.0 Å². The molecular formula is C24H16Cl2F2N2OS. The lowest BCUT2D eigenvalue weighted by atomic mass is 10.00. The smallest absolute Gasteiger partial charge is 0.317 e. The van der Waals surface area contributed by atoms with Crippen molar-refractivity contribution in [1.82, 2.24) is 9.97 Å². The van der Waals surface area contributed by atoms with Gasteiger partial charge in [-0.15, -0.1) is 0 Å². The highest BCUT2D eigenvalue weighted by molar-refractivity contribution is 7.79. The van der Waals surface area contributed by atoms with Gasteiger partial charge in [-0.2, -0.15) is 17.6 Å². The molecule has 0 atom stereocenters. The van der Waals surface area contributed by atoms with E-state index in [0.717, 1.165) is 28.8 Å². The molecule has 0 saturated carbocycles. The van der Waals surface area contributed by atoms with E-state index in [-0.39, 0.29) is 12.6 Å². The Hall–Kier alpha value is -2.67. The molecule has 0 amide bonds. The fourth-order valence-corrected chi connectivity index (χ4v) is 3.72. The first-order chi connectivity index (χ1) is 15.4. The normalized spacial score (nSPS) is 10.9. The lowest BCUT2D eigenvalue weighted by Crippen LogP contribution is -2.02. The molecule has 3 nitrogen and oxygen atoms in total. The minimum Gasteiger partial charge on any atom is -0.459 e. The number of ether oxygens (including phenoxy) is 1. The number of nitrogens with zero attached hydrogens (tertiary/aromatic N) is 2. The van der Waals surface area contributed by atoms with Crippen molar-refractivity contribution in [3.63, 3.8) is 0 Å². The quantitative estimate of drug-likeness (QED) is 0.287. The van der Waals surface area contributed by atoms with Crippen LogP contribution in [0.1, 0.15) is 11.1 Å². The predicted molar refractivity (Wildman–Crippen MR) is 126 cm³/mol. The van der Waals surface area contributed by atoms with Crippen LogP contribution in [0, 0.1) is 11.6 Å². The molecule has 0 spiro atoms. The molecule has 0 N–H and O–H groups in total. The Morgan fingerprint density at radius 1 is 0.844 bits per heavy atom. The molecule has 0 aliphatic carbocycles. The van der Waals surface area contributed by atoms with E-state index in [2.05, 4.69) is 22.6 Å². The Balaban J connectivity index is 1.73. The Morgan fingerprint density at radius 2 is 1.59 bits per heavy atom. The van der Waals surface area contributed by atoms with Crippen molar-refractivity contribution in [2.45, 2.75) is 12.4 Å². The summed E-state index contributed by atoms with van der Waals surface area (Å²) in [7, 11) is 0. The van der Waals surface area contributed by atoms with Gasteiger partial charge in [0.25, 0.3) is 0 Å². The Morgan fingerprint density at radius 3 is 2.28 bits per heavy atom. The number of hydrogen-bond donors (Lipinski definition) is 1. The van der Waals surface area contributed by atoms with E-state index in [1.807, 2.05) is 30.3 Å². The monoisotopic (exact) mass is 488 g/mol. The van der Waals surface area contributed by atoms with Crippen molar-refractivity contribution in [3.8, 4) is 28.4 Å². The second kappa shape index (κ2) is 9.86. The van der Waals surface area contributed by atoms with Crippen LogP contribution in [-0.2, 0) is 12.4 Å². The lowest BCUT2D eigenvalue weighted by Gasteiger charge is -2.13. The molecule has 4 aromatic rings. The number of aromatic nitrogens is 2. The van der Waals surface area contributed by atoms with Crippen LogP contribution in [0.3, 0.4) is 0 Å². The Bertz CT molecular complexity index is 1270. The molecule has 0 aliphatic heterocycles. The fourth-order valence-electron chi connectivity index (χ4n) is 3.11. The fraction of sp³-hybridized carbons (Fsp3) is 0.0833. The average Bonchev–Trinajstić information content (AvgIpc) is 2.80. The number of rotatable bonds is 6. The van der Waals surface area contributed by atoms with E-state index in [1.54, 1.807) is 18.3 Å². The average molecular weight is 489 g/mol. The van der Waals surface area contributed by atoms with Crippen LogP contribution in [0.2, 0.25) is 10.0 Å². The zero-order chi connectivity index (χ0) is 22.7. The van der Waals surface area contributed by atoms with E-state index < -0.39 is 11.6 Å². The predicted octanol–water partition coefficient (Wildman–Crippen LogP) is 7.40. The van der Waals surface area contributed by atoms with Gasteiger partial charge in [0.1, 0.15) is 6.61 Å². The first-order valence-corrected chi connectivity index (χ1v) is 10.9. The minimum absolute atomic E-state index is 0.0245. The molecule has 0 bridgehead atoms. The van der Waals surface area contributed by atoms with Gasteiger partial charge in [-0.1, -0.05) is 53.5 Å². The number of benzene rings is 3. The van der Waals surface area contributed by atoms with Crippen LogP contribution >= 0.6 is 35.8 Å². The van der Waals surface area contributed by atoms with E-state index in [0.29, 0.717) is 32.6 Å². The highest BCUT2D eigenvalue weighted by Gasteiger charge is 2.16. The summed E-state index contributed by atoms with van der Waals surface area (Å²) < 4.78 is 32.3. The molecule has 0 unspecified atom stereocenters. The van der Waals surface area contributed by atoms with Crippen molar-refractivity contribution < 1.29 is 13.5 Å². The molecule has 4 rings (SSSR count). The third-order valence-corrected chi connectivity index (χ3v) is 5.67. The van der Waals surface area contributed by atoms with E-state index in [9.17, 15) is 8.78 Å². The second-order valence-electron chi connectivity index (χ2n) is 6.93. The molecule has 162 valence electrons. The maximum Gasteiger partial charge on any atom is 0.317 e. The maximum atomic E-state index is 13.5. The third kappa shape index (κ3) is 5.04. The van der Waals surface area contributed by atoms with Crippen LogP contribution in [0.5, 0.6) is 6.01 Å². The molecular weight excluding hydrogens is 473 g/mol. The summed E-state index contributed by atoms with van der Waals surface area (Å²) in [6, 6.07) is 16.5. The first kappa shape index (κ1) is 22.5. The summed E-state index contributed by atoms with van der Waals surface area (Å²) in [5.74, 6) is -1.31. The van der Waals surface area contributed by atoms with Crippen LogP contribution in [-0.4, -0.2) is 9.97 Å². The summed E-state index contributed by atoms with van der Waals surface area (Å²) in [6.07, 6.45) is 1.63. The molecule has 32 heavy (non-hydrogen) atoms. The van der Waals surface area contributed by atoms with Crippen LogP contribution in [0.25, 0.3) is 22.4 Å². The highest BCUT2D eigenvalue weighted by Crippen LogP contribution is 2.36. The van der Waals surface area contributed by atoms with Gasteiger partial charge < -0.3 is 4.74 Å². The van der Waals surface area contributed by atoms with Crippen molar-refractivity contribution in [2.75, 3.05) is 0 Å². The van der Waals surface area contributed by atoms with Gasteiger partial charge in [0.15, 0.2) is 11.6 Å². The highest BCUT2D eigenvalue weighted by atomic mass is 35.5. The maximum absolute atomic E-state index is 13.5. The summed E-state index contributed by atoms with van der Waals surface area (Å²) in [5, 5.41) is 1.12. The van der Waals surface area contributed by atoms with Crippen LogP contribution in [0.4, 0.5) is 8.78 Å². The van der Waals surface area contributed by atoms with Crippen molar-refractivity contribution in [1.29, 1.82) is 0 Å². The SMILES string of the molecule is Fc1ccc(COc2ncc(-c3ccc(Cl)cc3)c(-c3ccc(CS)cc3Cl)n2)cc1F. The number of halogens is 4. The van der Waals surface area contributed by atoms with Crippen molar-refractivity contribution in [2.24, 2.45) is 0 Å². The third-order valence-electron chi connectivity index (χ3n) is 4.75. The van der Waals surface area contributed by atoms with E-state index in [1.165, 1.54) is 6.07 Å². The molecule has 0 radical (unpaired) electrons. The molecule has 3 aromatic carbocycles. The number of thiol groups is 1. The summed E-state index contributed by atoms with van der Waals surface area (Å²) in [5.41, 5.74) is 4.28. The summed E-state index contributed by atoms with van der Waals surface area (Å²) in [4.78, 5) is 8.87. The molecule has 8 heteroatoms. The second-order valence-corrected chi connectivity index (χ2v) is 8.09.